The van der Waals surface area contributed by atoms with Gasteiger partial charge in [-0.15, -0.1) is 0 Å². The van der Waals surface area contributed by atoms with Crippen LogP contribution in [-0.2, 0) is 9.59 Å². The SMILES string of the molecule is COc1ccccc1NC(=O)C(=O)Nc1ccccc1F. The van der Waals surface area contributed by atoms with Crippen molar-refractivity contribution in [1.82, 2.24) is 0 Å². The van der Waals surface area contributed by atoms with Gasteiger partial charge >= 0.3 is 11.8 Å². The van der Waals surface area contributed by atoms with Crippen LogP contribution in [0.4, 0.5) is 15.8 Å². The summed E-state index contributed by atoms with van der Waals surface area (Å²) in [7, 11) is 1.45. The van der Waals surface area contributed by atoms with E-state index in [2.05, 4.69) is 10.6 Å². The molecule has 2 N–H and O–H groups in total. The van der Waals surface area contributed by atoms with E-state index >= 15 is 0 Å². The molecule has 0 atom stereocenters. The Morgan fingerprint density at radius 1 is 0.905 bits per heavy atom. The Balaban J connectivity index is 2.07. The number of methoxy groups -OCH3 is 1. The quantitative estimate of drug-likeness (QED) is 0.852. The molecule has 0 bridgehead atoms. The van der Waals surface area contributed by atoms with Crippen molar-refractivity contribution in [3.05, 3.63) is 54.3 Å². The Morgan fingerprint density at radius 3 is 2.05 bits per heavy atom. The maximum absolute atomic E-state index is 13.4. The lowest BCUT2D eigenvalue weighted by Crippen LogP contribution is -2.29. The number of nitrogens with one attached hydrogen (secondary N) is 2. The molecule has 0 fully saturated rings. The number of rotatable bonds is 3. The molecule has 0 aliphatic heterocycles. The number of ether oxygens (including phenoxy) is 1. The number of hydrogen-bond acceptors (Lipinski definition) is 3. The Bertz CT molecular complexity index is 673. The van der Waals surface area contributed by atoms with Crippen molar-refractivity contribution < 1.29 is 18.7 Å². The lowest BCUT2D eigenvalue weighted by molar-refractivity contribution is -0.133. The lowest BCUT2D eigenvalue weighted by Gasteiger charge is -2.10. The van der Waals surface area contributed by atoms with Gasteiger partial charge in [0, 0.05) is 0 Å². The summed E-state index contributed by atoms with van der Waals surface area (Å²) >= 11 is 0. The first-order valence-corrected chi connectivity index (χ1v) is 6.11. The molecule has 5 nitrogen and oxygen atoms in total. The standard InChI is InChI=1S/C15H13FN2O3/c1-21-13-9-5-4-8-12(13)18-15(20)14(19)17-11-7-3-2-6-10(11)16/h2-9H,1H3,(H,17,19)(H,18,20). The molecule has 2 aromatic rings. The van der Waals surface area contributed by atoms with Gasteiger partial charge in [-0.3, -0.25) is 9.59 Å². The van der Waals surface area contributed by atoms with Crippen LogP contribution in [0.2, 0.25) is 0 Å². The fraction of sp³-hybridized carbons (Fsp3) is 0.0667. The van der Waals surface area contributed by atoms with E-state index in [1.807, 2.05) is 0 Å². The fourth-order valence-electron chi connectivity index (χ4n) is 1.67. The molecule has 0 heterocycles. The topological polar surface area (TPSA) is 67.4 Å². The fourth-order valence-corrected chi connectivity index (χ4v) is 1.67. The zero-order chi connectivity index (χ0) is 15.2. The van der Waals surface area contributed by atoms with Crippen LogP contribution >= 0.6 is 0 Å². The van der Waals surface area contributed by atoms with Crippen molar-refractivity contribution in [3.63, 3.8) is 0 Å². The minimum Gasteiger partial charge on any atom is -0.495 e. The average Bonchev–Trinajstić information content (AvgIpc) is 2.50. The van der Waals surface area contributed by atoms with Crippen LogP contribution in [0.5, 0.6) is 5.75 Å². The van der Waals surface area contributed by atoms with Crippen LogP contribution in [0.25, 0.3) is 0 Å². The van der Waals surface area contributed by atoms with Crippen molar-refractivity contribution in [3.8, 4) is 5.75 Å². The maximum Gasteiger partial charge on any atom is 0.314 e. The second-order valence-corrected chi connectivity index (χ2v) is 4.09. The summed E-state index contributed by atoms with van der Waals surface area (Å²) in [6.45, 7) is 0. The van der Waals surface area contributed by atoms with Gasteiger partial charge in [-0.25, -0.2) is 4.39 Å². The highest BCUT2D eigenvalue weighted by molar-refractivity contribution is 6.43. The van der Waals surface area contributed by atoms with Gasteiger partial charge in [-0.1, -0.05) is 24.3 Å². The summed E-state index contributed by atoms with van der Waals surface area (Å²) in [4.78, 5) is 23.5. The highest BCUT2D eigenvalue weighted by Crippen LogP contribution is 2.23. The molecule has 0 aromatic heterocycles. The highest BCUT2D eigenvalue weighted by atomic mass is 19.1. The van der Waals surface area contributed by atoms with Crippen molar-refractivity contribution in [2.45, 2.75) is 0 Å². The second kappa shape index (κ2) is 6.51. The van der Waals surface area contributed by atoms with E-state index in [-0.39, 0.29) is 5.69 Å². The van der Waals surface area contributed by atoms with Gasteiger partial charge in [0.1, 0.15) is 11.6 Å². The molecule has 2 aromatic carbocycles. The number of amides is 2. The summed E-state index contributed by atoms with van der Waals surface area (Å²) in [5, 5.41) is 4.60. The number of carbonyl (C=O) groups is 2. The zero-order valence-corrected chi connectivity index (χ0v) is 11.2. The Morgan fingerprint density at radius 2 is 1.43 bits per heavy atom. The molecule has 2 rings (SSSR count). The predicted molar refractivity (Wildman–Crippen MR) is 76.7 cm³/mol. The van der Waals surface area contributed by atoms with Crippen LogP contribution in [0.15, 0.2) is 48.5 Å². The van der Waals surface area contributed by atoms with E-state index in [0.29, 0.717) is 11.4 Å². The number of para-hydroxylation sites is 3. The molecular formula is C15H13FN2O3. The molecule has 108 valence electrons. The van der Waals surface area contributed by atoms with Gasteiger partial charge in [0.15, 0.2) is 0 Å². The Hall–Kier alpha value is -2.89. The Kier molecular flexibility index (Phi) is 4.50. The minimum atomic E-state index is -0.967. The number of halogens is 1. The molecule has 0 aliphatic carbocycles. The minimum absolute atomic E-state index is 0.0577. The molecule has 0 saturated carbocycles. The zero-order valence-electron chi connectivity index (χ0n) is 11.2. The van der Waals surface area contributed by atoms with Crippen LogP contribution < -0.4 is 15.4 Å². The van der Waals surface area contributed by atoms with Crippen molar-refractivity contribution in [2.75, 3.05) is 17.7 Å². The molecule has 0 saturated heterocycles. The first kappa shape index (κ1) is 14.5. The summed E-state index contributed by atoms with van der Waals surface area (Å²) in [6.07, 6.45) is 0. The molecule has 2 amide bonds. The van der Waals surface area contributed by atoms with Gasteiger partial charge < -0.3 is 15.4 Å². The van der Waals surface area contributed by atoms with E-state index in [4.69, 9.17) is 4.74 Å². The largest absolute Gasteiger partial charge is 0.495 e. The van der Waals surface area contributed by atoms with E-state index < -0.39 is 17.6 Å². The monoisotopic (exact) mass is 288 g/mol. The summed E-state index contributed by atoms with van der Waals surface area (Å²) < 4.78 is 18.4. The number of anilines is 2. The van der Waals surface area contributed by atoms with Crippen LogP contribution in [0, 0.1) is 5.82 Å². The number of hydrogen-bond donors (Lipinski definition) is 2. The van der Waals surface area contributed by atoms with Gasteiger partial charge in [0.05, 0.1) is 18.5 Å². The van der Waals surface area contributed by atoms with Crippen molar-refractivity contribution in [2.24, 2.45) is 0 Å². The molecule has 21 heavy (non-hydrogen) atoms. The van der Waals surface area contributed by atoms with Crippen molar-refractivity contribution >= 4 is 23.2 Å². The third-order valence-electron chi connectivity index (χ3n) is 2.68. The second-order valence-electron chi connectivity index (χ2n) is 4.09. The third kappa shape index (κ3) is 3.56. The molecule has 0 radical (unpaired) electrons. The van der Waals surface area contributed by atoms with E-state index in [1.54, 1.807) is 30.3 Å². The highest BCUT2D eigenvalue weighted by Gasteiger charge is 2.17. The first-order valence-electron chi connectivity index (χ1n) is 6.11. The van der Waals surface area contributed by atoms with Gasteiger partial charge in [-0.05, 0) is 24.3 Å². The summed E-state index contributed by atoms with van der Waals surface area (Å²) in [6, 6.07) is 12.2. The molecule has 0 aliphatic rings. The lowest BCUT2D eigenvalue weighted by atomic mass is 10.3. The van der Waals surface area contributed by atoms with Gasteiger partial charge in [0.2, 0.25) is 0 Å². The maximum atomic E-state index is 13.4. The normalized spacial score (nSPS) is 9.81. The smallest absolute Gasteiger partial charge is 0.314 e. The summed E-state index contributed by atoms with van der Waals surface area (Å²) in [5.41, 5.74) is 0.298. The molecule has 6 heteroatoms. The Labute approximate surface area is 120 Å². The molecule has 0 spiro atoms. The summed E-state index contributed by atoms with van der Waals surface area (Å²) in [5.74, 6) is -2.07. The molecule has 0 unspecified atom stereocenters. The number of benzene rings is 2. The predicted octanol–water partition coefficient (Wildman–Crippen LogP) is 2.41. The van der Waals surface area contributed by atoms with Gasteiger partial charge in [0.25, 0.3) is 0 Å². The van der Waals surface area contributed by atoms with Crippen molar-refractivity contribution in [1.29, 1.82) is 0 Å². The van der Waals surface area contributed by atoms with E-state index in [0.717, 1.165) is 0 Å². The average molecular weight is 288 g/mol. The third-order valence-corrected chi connectivity index (χ3v) is 2.68. The molecular weight excluding hydrogens is 275 g/mol. The van der Waals surface area contributed by atoms with Gasteiger partial charge in [-0.2, -0.15) is 0 Å². The number of carbonyl (C=O) groups excluding carboxylic acids is 2. The first-order chi connectivity index (χ1) is 10.1. The van der Waals surface area contributed by atoms with E-state index in [9.17, 15) is 14.0 Å². The van der Waals surface area contributed by atoms with E-state index in [1.165, 1.54) is 25.3 Å². The van der Waals surface area contributed by atoms with Crippen LogP contribution in [0.3, 0.4) is 0 Å². The van der Waals surface area contributed by atoms with Crippen LogP contribution in [-0.4, -0.2) is 18.9 Å². The van der Waals surface area contributed by atoms with Crippen LogP contribution in [0.1, 0.15) is 0 Å².